The van der Waals surface area contributed by atoms with E-state index in [-0.39, 0.29) is 0 Å². The van der Waals surface area contributed by atoms with Crippen molar-refractivity contribution in [2.24, 2.45) is 0 Å². The molecule has 0 aliphatic rings. The van der Waals surface area contributed by atoms with Crippen LogP contribution in [0.2, 0.25) is 0 Å². The molecule has 19 heavy (non-hydrogen) atoms. The third-order valence-corrected chi connectivity index (χ3v) is 2.61. The Labute approximate surface area is 112 Å². The number of ether oxygens (including phenoxy) is 1. The fourth-order valence-electron chi connectivity index (χ4n) is 1.72. The molecular weight excluding hydrogens is 242 g/mol. The maximum atomic E-state index is 5.30. The topological polar surface area (TPSA) is 64.9 Å². The molecule has 2 aromatic rings. The zero-order valence-electron chi connectivity index (χ0n) is 11.3. The standard InChI is InChI=1S/C13H19N5O/c1-3-7-18-12(16-10-17-18)9-14-11-5-6-13(15-8-11)19-4-2/h5-6,8,10,14H,3-4,7,9H2,1-2H3. The van der Waals surface area contributed by atoms with E-state index < -0.39 is 0 Å². The van der Waals surface area contributed by atoms with Crippen molar-refractivity contribution in [1.82, 2.24) is 19.7 Å². The van der Waals surface area contributed by atoms with E-state index in [4.69, 9.17) is 4.74 Å². The first kappa shape index (κ1) is 13.3. The summed E-state index contributed by atoms with van der Waals surface area (Å²) < 4.78 is 7.21. The molecule has 2 heterocycles. The van der Waals surface area contributed by atoms with Crippen LogP contribution in [0.15, 0.2) is 24.7 Å². The van der Waals surface area contributed by atoms with Gasteiger partial charge in [-0.3, -0.25) is 0 Å². The summed E-state index contributed by atoms with van der Waals surface area (Å²) in [5, 5.41) is 7.46. The van der Waals surface area contributed by atoms with Crippen LogP contribution in [0.5, 0.6) is 5.88 Å². The summed E-state index contributed by atoms with van der Waals surface area (Å²) in [7, 11) is 0. The fourth-order valence-corrected chi connectivity index (χ4v) is 1.72. The third-order valence-electron chi connectivity index (χ3n) is 2.61. The first-order valence-corrected chi connectivity index (χ1v) is 6.53. The SMILES string of the molecule is CCCn1ncnc1CNc1ccc(OCC)nc1. The Hall–Kier alpha value is -2.11. The van der Waals surface area contributed by atoms with Gasteiger partial charge < -0.3 is 10.1 Å². The highest BCUT2D eigenvalue weighted by molar-refractivity contribution is 5.41. The highest BCUT2D eigenvalue weighted by Gasteiger charge is 2.03. The summed E-state index contributed by atoms with van der Waals surface area (Å²) in [5.41, 5.74) is 0.939. The molecule has 6 nitrogen and oxygen atoms in total. The van der Waals surface area contributed by atoms with Gasteiger partial charge in [-0.25, -0.2) is 14.6 Å². The lowest BCUT2D eigenvalue weighted by Gasteiger charge is -2.08. The van der Waals surface area contributed by atoms with Gasteiger partial charge >= 0.3 is 0 Å². The third kappa shape index (κ3) is 3.67. The first-order valence-electron chi connectivity index (χ1n) is 6.53. The van der Waals surface area contributed by atoms with Gasteiger partial charge in [-0.1, -0.05) is 6.92 Å². The van der Waals surface area contributed by atoms with Crippen molar-refractivity contribution in [1.29, 1.82) is 0 Å². The molecule has 0 atom stereocenters. The van der Waals surface area contributed by atoms with E-state index in [0.29, 0.717) is 19.0 Å². The molecule has 0 fully saturated rings. The number of rotatable bonds is 7. The van der Waals surface area contributed by atoms with Crippen LogP contribution in [0.25, 0.3) is 0 Å². The lowest BCUT2D eigenvalue weighted by atomic mass is 10.4. The van der Waals surface area contributed by atoms with Crippen LogP contribution < -0.4 is 10.1 Å². The van der Waals surface area contributed by atoms with E-state index in [2.05, 4.69) is 27.3 Å². The Bertz CT molecular complexity index is 494. The Morgan fingerprint density at radius 1 is 1.26 bits per heavy atom. The molecule has 6 heteroatoms. The summed E-state index contributed by atoms with van der Waals surface area (Å²) in [6, 6.07) is 3.79. The van der Waals surface area contributed by atoms with Crippen molar-refractivity contribution in [2.75, 3.05) is 11.9 Å². The molecule has 2 rings (SSSR count). The Balaban J connectivity index is 1.92. The highest BCUT2D eigenvalue weighted by atomic mass is 16.5. The normalized spacial score (nSPS) is 10.4. The molecule has 0 spiro atoms. The van der Waals surface area contributed by atoms with Crippen molar-refractivity contribution < 1.29 is 4.74 Å². The molecule has 0 bridgehead atoms. The highest BCUT2D eigenvalue weighted by Crippen LogP contribution is 2.12. The molecule has 0 aliphatic carbocycles. The van der Waals surface area contributed by atoms with Gasteiger partial charge in [0, 0.05) is 12.6 Å². The second-order valence-electron chi connectivity index (χ2n) is 4.07. The number of nitrogens with zero attached hydrogens (tertiary/aromatic N) is 4. The second kappa shape index (κ2) is 6.72. The quantitative estimate of drug-likeness (QED) is 0.826. The van der Waals surface area contributed by atoms with Gasteiger partial charge in [0.1, 0.15) is 12.2 Å². The van der Waals surface area contributed by atoms with Gasteiger partial charge in [0.25, 0.3) is 0 Å². The van der Waals surface area contributed by atoms with E-state index >= 15 is 0 Å². The Morgan fingerprint density at radius 2 is 2.16 bits per heavy atom. The minimum atomic E-state index is 0.625. The van der Waals surface area contributed by atoms with Gasteiger partial charge in [-0.05, 0) is 19.4 Å². The number of aromatic nitrogens is 4. The summed E-state index contributed by atoms with van der Waals surface area (Å²) in [4.78, 5) is 8.44. The van der Waals surface area contributed by atoms with Crippen molar-refractivity contribution >= 4 is 5.69 Å². The minimum Gasteiger partial charge on any atom is -0.478 e. The Morgan fingerprint density at radius 3 is 2.84 bits per heavy atom. The summed E-state index contributed by atoms with van der Waals surface area (Å²) in [6.07, 6.45) is 4.38. The molecule has 1 N–H and O–H groups in total. The molecular formula is C13H19N5O. The Kier molecular flexibility index (Phi) is 4.72. The molecule has 0 saturated heterocycles. The lowest BCUT2D eigenvalue weighted by Crippen LogP contribution is -2.10. The molecule has 0 amide bonds. The average Bonchev–Trinajstić information content (AvgIpc) is 2.86. The minimum absolute atomic E-state index is 0.625. The van der Waals surface area contributed by atoms with Crippen molar-refractivity contribution in [3.05, 3.63) is 30.5 Å². The molecule has 0 aromatic carbocycles. The van der Waals surface area contributed by atoms with Crippen molar-refractivity contribution in [2.45, 2.75) is 33.4 Å². The van der Waals surface area contributed by atoms with Crippen LogP contribution >= 0.6 is 0 Å². The van der Waals surface area contributed by atoms with E-state index in [0.717, 1.165) is 24.5 Å². The van der Waals surface area contributed by atoms with Gasteiger partial charge in [0.2, 0.25) is 5.88 Å². The van der Waals surface area contributed by atoms with Crippen LogP contribution in [-0.4, -0.2) is 26.4 Å². The summed E-state index contributed by atoms with van der Waals surface area (Å²) in [5.74, 6) is 1.57. The van der Waals surface area contributed by atoms with E-state index in [1.807, 2.05) is 23.7 Å². The number of nitrogens with one attached hydrogen (secondary N) is 1. The van der Waals surface area contributed by atoms with Crippen molar-refractivity contribution in [3.63, 3.8) is 0 Å². The number of hydrogen-bond acceptors (Lipinski definition) is 5. The lowest BCUT2D eigenvalue weighted by molar-refractivity contribution is 0.327. The molecule has 0 unspecified atom stereocenters. The van der Waals surface area contributed by atoms with Gasteiger partial charge in [-0.2, -0.15) is 5.10 Å². The summed E-state index contributed by atoms with van der Waals surface area (Å²) >= 11 is 0. The molecule has 0 saturated carbocycles. The molecule has 102 valence electrons. The predicted molar refractivity (Wildman–Crippen MR) is 73.0 cm³/mol. The van der Waals surface area contributed by atoms with Gasteiger partial charge in [0.05, 0.1) is 25.0 Å². The number of anilines is 1. The predicted octanol–water partition coefficient (Wildman–Crippen LogP) is 2.09. The fraction of sp³-hybridized carbons (Fsp3) is 0.462. The maximum absolute atomic E-state index is 5.30. The monoisotopic (exact) mass is 261 g/mol. The second-order valence-corrected chi connectivity index (χ2v) is 4.07. The van der Waals surface area contributed by atoms with E-state index in [9.17, 15) is 0 Å². The molecule has 2 aromatic heterocycles. The number of hydrogen-bond donors (Lipinski definition) is 1. The van der Waals surface area contributed by atoms with Gasteiger partial charge in [0.15, 0.2) is 0 Å². The molecule has 0 aliphatic heterocycles. The number of pyridine rings is 1. The summed E-state index contributed by atoms with van der Waals surface area (Å²) in [6.45, 7) is 6.21. The zero-order chi connectivity index (χ0) is 13.5. The van der Waals surface area contributed by atoms with Crippen LogP contribution in [-0.2, 0) is 13.1 Å². The zero-order valence-corrected chi connectivity index (χ0v) is 11.3. The first-order chi connectivity index (χ1) is 9.33. The van der Waals surface area contributed by atoms with E-state index in [1.165, 1.54) is 0 Å². The maximum Gasteiger partial charge on any atom is 0.213 e. The number of aryl methyl sites for hydroxylation is 1. The van der Waals surface area contributed by atoms with Crippen LogP contribution in [0.4, 0.5) is 5.69 Å². The van der Waals surface area contributed by atoms with Crippen LogP contribution in [0.3, 0.4) is 0 Å². The van der Waals surface area contributed by atoms with E-state index in [1.54, 1.807) is 12.5 Å². The smallest absolute Gasteiger partial charge is 0.213 e. The largest absolute Gasteiger partial charge is 0.478 e. The van der Waals surface area contributed by atoms with Crippen LogP contribution in [0, 0.1) is 0 Å². The molecule has 0 radical (unpaired) electrons. The van der Waals surface area contributed by atoms with Crippen molar-refractivity contribution in [3.8, 4) is 5.88 Å². The van der Waals surface area contributed by atoms with Crippen LogP contribution in [0.1, 0.15) is 26.1 Å². The average molecular weight is 261 g/mol. The van der Waals surface area contributed by atoms with Gasteiger partial charge in [-0.15, -0.1) is 0 Å².